The Kier molecular flexibility index (Phi) is 5.02. The molecule has 5 nitrogen and oxygen atoms in total. The third kappa shape index (κ3) is 4.80. The molecule has 126 valence electrons. The maximum absolute atomic E-state index is 12.2. The number of aryl methyl sites for hydroxylation is 2. The quantitative estimate of drug-likeness (QED) is 0.883. The fourth-order valence-corrected chi connectivity index (χ4v) is 1.94. The van der Waals surface area contributed by atoms with E-state index in [1.807, 2.05) is 20.0 Å². The van der Waals surface area contributed by atoms with Crippen molar-refractivity contribution in [1.82, 2.24) is 9.78 Å². The zero-order valence-corrected chi connectivity index (χ0v) is 13.1. The van der Waals surface area contributed by atoms with Crippen molar-refractivity contribution in [3.8, 4) is 11.5 Å². The predicted molar refractivity (Wildman–Crippen MR) is 79.8 cm³/mol. The molecule has 0 saturated carbocycles. The summed E-state index contributed by atoms with van der Waals surface area (Å²) in [6.07, 6.45) is -4.39. The molecule has 2 rings (SSSR count). The Hall–Kier alpha value is -2.38. The summed E-state index contributed by atoms with van der Waals surface area (Å²) in [5.41, 5.74) is 1.85. The van der Waals surface area contributed by atoms with Crippen molar-refractivity contribution in [1.29, 1.82) is 0 Å². The van der Waals surface area contributed by atoms with Gasteiger partial charge in [0.05, 0.1) is 7.11 Å². The van der Waals surface area contributed by atoms with Crippen molar-refractivity contribution in [2.45, 2.75) is 19.6 Å². The summed E-state index contributed by atoms with van der Waals surface area (Å²) in [6.45, 7) is 1.05. The van der Waals surface area contributed by atoms with Gasteiger partial charge in [0.15, 0.2) is 18.1 Å². The zero-order valence-electron chi connectivity index (χ0n) is 13.1. The van der Waals surface area contributed by atoms with Gasteiger partial charge in [-0.15, -0.1) is 0 Å². The van der Waals surface area contributed by atoms with Crippen molar-refractivity contribution in [3.05, 3.63) is 35.5 Å². The van der Waals surface area contributed by atoms with Crippen molar-refractivity contribution in [2.75, 3.05) is 19.0 Å². The summed E-state index contributed by atoms with van der Waals surface area (Å²) >= 11 is 0. The Bertz CT molecular complexity index is 649. The van der Waals surface area contributed by atoms with Gasteiger partial charge in [-0.1, -0.05) is 6.07 Å². The van der Waals surface area contributed by atoms with Crippen LogP contribution in [0, 0.1) is 6.92 Å². The van der Waals surface area contributed by atoms with Crippen molar-refractivity contribution >= 4 is 5.82 Å². The number of methoxy groups -OCH3 is 1. The van der Waals surface area contributed by atoms with Crippen LogP contribution in [0.2, 0.25) is 0 Å². The van der Waals surface area contributed by atoms with Gasteiger partial charge < -0.3 is 14.8 Å². The molecule has 0 aliphatic heterocycles. The van der Waals surface area contributed by atoms with Crippen LogP contribution in [0.4, 0.5) is 19.0 Å². The smallest absolute Gasteiger partial charge is 0.422 e. The van der Waals surface area contributed by atoms with Crippen molar-refractivity contribution < 1.29 is 22.6 Å². The summed E-state index contributed by atoms with van der Waals surface area (Å²) < 4.78 is 48.2. The Balaban J connectivity index is 2.03. The first-order valence-corrected chi connectivity index (χ1v) is 6.89. The molecule has 0 aliphatic rings. The van der Waals surface area contributed by atoms with Gasteiger partial charge in [-0.05, 0) is 24.6 Å². The van der Waals surface area contributed by atoms with E-state index in [-0.39, 0.29) is 11.5 Å². The molecule has 1 aromatic heterocycles. The lowest BCUT2D eigenvalue weighted by molar-refractivity contribution is -0.153. The van der Waals surface area contributed by atoms with Gasteiger partial charge in [0, 0.05) is 25.4 Å². The van der Waals surface area contributed by atoms with Gasteiger partial charge in [-0.3, -0.25) is 4.68 Å². The molecule has 8 heteroatoms. The van der Waals surface area contributed by atoms with Gasteiger partial charge in [0.2, 0.25) is 0 Å². The third-order valence-corrected chi connectivity index (χ3v) is 3.21. The van der Waals surface area contributed by atoms with Crippen LogP contribution in [0.15, 0.2) is 24.3 Å². The Morgan fingerprint density at radius 1 is 1.22 bits per heavy atom. The van der Waals surface area contributed by atoms with E-state index < -0.39 is 12.8 Å². The van der Waals surface area contributed by atoms with E-state index >= 15 is 0 Å². The van der Waals surface area contributed by atoms with E-state index in [9.17, 15) is 13.2 Å². The van der Waals surface area contributed by atoms with E-state index in [1.54, 1.807) is 16.8 Å². The maximum Gasteiger partial charge on any atom is 0.422 e. The number of halogens is 3. The molecule has 0 bridgehead atoms. The van der Waals surface area contributed by atoms with Gasteiger partial charge in [0.25, 0.3) is 0 Å². The van der Waals surface area contributed by atoms with Crippen LogP contribution in [0.3, 0.4) is 0 Å². The Morgan fingerprint density at radius 3 is 2.52 bits per heavy atom. The lowest BCUT2D eigenvalue weighted by Gasteiger charge is -2.13. The summed E-state index contributed by atoms with van der Waals surface area (Å²) in [7, 11) is 3.23. The molecular weight excluding hydrogens is 311 g/mol. The number of nitrogens with zero attached hydrogens (tertiary/aromatic N) is 2. The van der Waals surface area contributed by atoms with E-state index in [0.29, 0.717) is 6.54 Å². The van der Waals surface area contributed by atoms with E-state index in [0.717, 1.165) is 17.1 Å². The van der Waals surface area contributed by atoms with Crippen molar-refractivity contribution in [3.63, 3.8) is 0 Å². The highest BCUT2D eigenvalue weighted by Crippen LogP contribution is 2.30. The molecule has 0 spiro atoms. The van der Waals surface area contributed by atoms with E-state index in [1.165, 1.54) is 13.2 Å². The highest BCUT2D eigenvalue weighted by molar-refractivity contribution is 5.44. The molecule has 0 radical (unpaired) electrons. The lowest BCUT2D eigenvalue weighted by atomic mass is 10.2. The molecule has 0 unspecified atom stereocenters. The van der Waals surface area contributed by atoms with Crippen LogP contribution < -0.4 is 14.8 Å². The number of anilines is 1. The largest absolute Gasteiger partial charge is 0.493 e. The van der Waals surface area contributed by atoms with Crippen LogP contribution >= 0.6 is 0 Å². The molecule has 2 aromatic rings. The Morgan fingerprint density at radius 2 is 1.96 bits per heavy atom. The Labute approximate surface area is 132 Å². The molecule has 0 saturated heterocycles. The SMILES string of the molecule is COc1cc(CNc2cc(C)n(C)n2)ccc1OCC(F)(F)F. The second-order valence-electron chi connectivity index (χ2n) is 5.04. The average Bonchev–Trinajstić information content (AvgIpc) is 2.81. The minimum Gasteiger partial charge on any atom is -0.493 e. The minimum atomic E-state index is -4.39. The van der Waals surface area contributed by atoms with E-state index in [2.05, 4.69) is 10.4 Å². The molecule has 1 aromatic carbocycles. The third-order valence-electron chi connectivity index (χ3n) is 3.21. The number of rotatable bonds is 6. The first kappa shape index (κ1) is 17.0. The van der Waals surface area contributed by atoms with Gasteiger partial charge in [0.1, 0.15) is 5.82 Å². The maximum atomic E-state index is 12.2. The number of alkyl halides is 3. The second kappa shape index (κ2) is 6.80. The molecular formula is C15H18F3N3O2. The summed E-state index contributed by atoms with van der Waals surface area (Å²) in [5, 5.41) is 7.41. The van der Waals surface area contributed by atoms with Crippen LogP contribution in [0.5, 0.6) is 11.5 Å². The highest BCUT2D eigenvalue weighted by atomic mass is 19.4. The van der Waals surface area contributed by atoms with Crippen LogP contribution in [0.25, 0.3) is 0 Å². The normalized spacial score (nSPS) is 11.4. The molecule has 1 heterocycles. The van der Waals surface area contributed by atoms with Gasteiger partial charge in [-0.25, -0.2) is 0 Å². The molecule has 0 aliphatic carbocycles. The summed E-state index contributed by atoms with van der Waals surface area (Å²) in [5.74, 6) is 1.04. The second-order valence-corrected chi connectivity index (χ2v) is 5.04. The number of hydrogen-bond acceptors (Lipinski definition) is 4. The number of aromatic nitrogens is 2. The number of nitrogens with one attached hydrogen (secondary N) is 1. The van der Waals surface area contributed by atoms with Crippen LogP contribution in [-0.2, 0) is 13.6 Å². The standard InChI is InChI=1S/C15H18F3N3O2/c1-10-6-14(20-21(10)2)19-8-11-4-5-12(13(7-11)22-3)23-9-15(16,17)18/h4-7H,8-9H2,1-3H3,(H,19,20). The number of hydrogen-bond donors (Lipinski definition) is 1. The number of ether oxygens (including phenoxy) is 2. The fraction of sp³-hybridized carbons (Fsp3) is 0.400. The zero-order chi connectivity index (χ0) is 17.0. The summed E-state index contributed by atoms with van der Waals surface area (Å²) in [4.78, 5) is 0. The monoisotopic (exact) mass is 329 g/mol. The van der Waals surface area contributed by atoms with Gasteiger partial charge >= 0.3 is 6.18 Å². The predicted octanol–water partition coefficient (Wildman–Crippen LogP) is 3.29. The topological polar surface area (TPSA) is 48.3 Å². The molecule has 0 amide bonds. The van der Waals surface area contributed by atoms with Crippen LogP contribution in [-0.4, -0.2) is 29.7 Å². The first-order chi connectivity index (χ1) is 10.8. The summed E-state index contributed by atoms with van der Waals surface area (Å²) in [6, 6.07) is 6.68. The van der Waals surface area contributed by atoms with Crippen molar-refractivity contribution in [2.24, 2.45) is 7.05 Å². The molecule has 0 atom stereocenters. The average molecular weight is 329 g/mol. The van der Waals surface area contributed by atoms with Gasteiger partial charge in [-0.2, -0.15) is 18.3 Å². The minimum absolute atomic E-state index is 0.0576. The van der Waals surface area contributed by atoms with E-state index in [4.69, 9.17) is 9.47 Å². The number of benzene rings is 1. The fourth-order valence-electron chi connectivity index (χ4n) is 1.94. The molecule has 23 heavy (non-hydrogen) atoms. The lowest BCUT2D eigenvalue weighted by Crippen LogP contribution is -2.19. The first-order valence-electron chi connectivity index (χ1n) is 6.89. The molecule has 0 fully saturated rings. The van der Waals surface area contributed by atoms with Crippen LogP contribution in [0.1, 0.15) is 11.3 Å². The highest BCUT2D eigenvalue weighted by Gasteiger charge is 2.29. The molecule has 1 N–H and O–H groups in total.